The molecule has 4 heteroatoms. The lowest BCUT2D eigenvalue weighted by atomic mass is 9.89. The molecule has 3 rings (SSSR count). The Labute approximate surface area is 130 Å². The lowest BCUT2D eigenvalue weighted by Crippen LogP contribution is -2.43. The topological polar surface area (TPSA) is 40.5 Å². The highest BCUT2D eigenvalue weighted by Gasteiger charge is 2.55. The number of rotatable bonds is 3. The van der Waals surface area contributed by atoms with E-state index in [0.29, 0.717) is 24.5 Å². The van der Waals surface area contributed by atoms with Crippen LogP contribution < -0.4 is 0 Å². The number of aliphatic hydroxyl groups is 1. The Kier molecular flexibility index (Phi) is 3.53. The number of hydrogen-bond acceptors (Lipinski definition) is 2. The molecule has 1 heterocycles. The molecule has 0 radical (unpaired) electrons. The van der Waals surface area contributed by atoms with Gasteiger partial charge in [-0.15, -0.1) is 0 Å². The normalized spacial score (nSPS) is 27.2. The summed E-state index contributed by atoms with van der Waals surface area (Å²) in [7, 11) is 0. The fourth-order valence-electron chi connectivity index (χ4n) is 3.28. The predicted octanol–water partition coefficient (Wildman–Crippen LogP) is 2.99. The number of β-amino-alcohol motifs (C(OH)–C–C–N with tert-alkyl or cyclic N) is 1. The van der Waals surface area contributed by atoms with Crippen LogP contribution in [0.4, 0.5) is 0 Å². The van der Waals surface area contributed by atoms with Crippen molar-refractivity contribution in [2.24, 2.45) is 5.92 Å². The molecule has 3 nitrogen and oxygen atoms in total. The van der Waals surface area contributed by atoms with E-state index in [1.807, 2.05) is 43.0 Å². The van der Waals surface area contributed by atoms with Gasteiger partial charge in [-0.1, -0.05) is 37.6 Å². The van der Waals surface area contributed by atoms with E-state index < -0.39 is 5.60 Å². The van der Waals surface area contributed by atoms with Crippen molar-refractivity contribution in [2.75, 3.05) is 13.1 Å². The molecular weight excluding hydrogens is 286 g/mol. The maximum absolute atomic E-state index is 12.9. The van der Waals surface area contributed by atoms with Gasteiger partial charge < -0.3 is 10.0 Å². The van der Waals surface area contributed by atoms with E-state index in [2.05, 4.69) is 0 Å². The third-order valence-electron chi connectivity index (χ3n) is 5.20. The molecule has 1 saturated heterocycles. The smallest absolute Gasteiger partial charge is 0.233 e. The lowest BCUT2D eigenvalue weighted by molar-refractivity contribution is -0.134. The molecule has 0 aromatic heterocycles. The zero-order valence-electron chi connectivity index (χ0n) is 12.6. The molecule has 2 aliphatic rings. The SMILES string of the molecule is CC(C)C1(O)CCN(C(=O)C2(c3ccc(Cl)cc3)CC2)C1. The second-order valence-corrected chi connectivity index (χ2v) is 7.26. The number of carbonyl (C=O) groups excluding carboxylic acids is 1. The monoisotopic (exact) mass is 307 g/mol. The van der Waals surface area contributed by atoms with Crippen LogP contribution in [-0.2, 0) is 10.2 Å². The molecule has 1 saturated carbocycles. The highest BCUT2D eigenvalue weighted by molar-refractivity contribution is 6.30. The van der Waals surface area contributed by atoms with Crippen LogP contribution in [0.3, 0.4) is 0 Å². The van der Waals surface area contributed by atoms with E-state index in [1.54, 1.807) is 0 Å². The van der Waals surface area contributed by atoms with Crippen molar-refractivity contribution in [3.05, 3.63) is 34.9 Å². The summed E-state index contributed by atoms with van der Waals surface area (Å²) in [5, 5.41) is 11.3. The number of benzene rings is 1. The van der Waals surface area contributed by atoms with Crippen molar-refractivity contribution in [3.8, 4) is 0 Å². The first kappa shape index (κ1) is 14.9. The van der Waals surface area contributed by atoms with E-state index in [9.17, 15) is 9.90 Å². The fourth-order valence-corrected chi connectivity index (χ4v) is 3.41. The Morgan fingerprint density at radius 2 is 1.86 bits per heavy atom. The van der Waals surface area contributed by atoms with Crippen LogP contribution in [0.5, 0.6) is 0 Å². The third-order valence-corrected chi connectivity index (χ3v) is 5.45. The van der Waals surface area contributed by atoms with Gasteiger partial charge >= 0.3 is 0 Å². The van der Waals surface area contributed by atoms with Gasteiger partial charge in [0.2, 0.25) is 5.91 Å². The number of halogens is 1. The number of amides is 1. The standard InChI is InChI=1S/C17H22ClNO2/c1-12(2)17(21)9-10-19(11-17)15(20)16(7-8-16)13-3-5-14(18)6-4-13/h3-6,12,21H,7-11H2,1-2H3. The number of nitrogens with zero attached hydrogens (tertiary/aromatic N) is 1. The zero-order valence-corrected chi connectivity index (χ0v) is 13.4. The molecule has 1 aromatic rings. The van der Waals surface area contributed by atoms with Crippen LogP contribution >= 0.6 is 11.6 Å². The molecular formula is C17H22ClNO2. The third kappa shape index (κ3) is 2.47. The Bertz CT molecular complexity index is 550. The van der Waals surface area contributed by atoms with Gasteiger partial charge in [0, 0.05) is 18.1 Å². The summed E-state index contributed by atoms with van der Waals surface area (Å²) in [4.78, 5) is 14.8. The summed E-state index contributed by atoms with van der Waals surface area (Å²) in [6, 6.07) is 7.60. The summed E-state index contributed by atoms with van der Waals surface area (Å²) >= 11 is 5.93. The van der Waals surface area contributed by atoms with E-state index in [-0.39, 0.29) is 17.2 Å². The number of carbonyl (C=O) groups is 1. The maximum atomic E-state index is 12.9. The van der Waals surface area contributed by atoms with Gasteiger partial charge in [0.05, 0.1) is 11.0 Å². The van der Waals surface area contributed by atoms with Gasteiger partial charge in [0.15, 0.2) is 0 Å². The molecule has 0 spiro atoms. The molecule has 1 aliphatic carbocycles. The van der Waals surface area contributed by atoms with Crippen molar-refractivity contribution in [3.63, 3.8) is 0 Å². The maximum Gasteiger partial charge on any atom is 0.233 e. The molecule has 1 amide bonds. The predicted molar refractivity (Wildman–Crippen MR) is 83.3 cm³/mol. The Hall–Kier alpha value is -1.06. The van der Waals surface area contributed by atoms with E-state index >= 15 is 0 Å². The summed E-state index contributed by atoms with van der Waals surface area (Å²) < 4.78 is 0. The molecule has 1 N–H and O–H groups in total. The first-order chi connectivity index (χ1) is 9.87. The first-order valence-electron chi connectivity index (χ1n) is 7.65. The average Bonchev–Trinajstić information content (AvgIpc) is 3.16. The average molecular weight is 308 g/mol. The highest BCUT2D eigenvalue weighted by Crippen LogP contribution is 2.50. The number of hydrogen-bond donors (Lipinski definition) is 1. The largest absolute Gasteiger partial charge is 0.388 e. The quantitative estimate of drug-likeness (QED) is 0.932. The van der Waals surface area contributed by atoms with Gasteiger partial charge in [-0.25, -0.2) is 0 Å². The molecule has 1 aromatic carbocycles. The van der Waals surface area contributed by atoms with Gasteiger partial charge in [0.25, 0.3) is 0 Å². The second-order valence-electron chi connectivity index (χ2n) is 6.82. The minimum Gasteiger partial charge on any atom is -0.388 e. The summed E-state index contributed by atoms with van der Waals surface area (Å²) in [5.74, 6) is 0.336. The molecule has 0 bridgehead atoms. The molecule has 114 valence electrons. The number of likely N-dealkylation sites (tertiary alicyclic amines) is 1. The van der Waals surface area contributed by atoms with Gasteiger partial charge in [-0.05, 0) is 42.9 Å². The van der Waals surface area contributed by atoms with Crippen molar-refractivity contribution in [2.45, 2.75) is 44.1 Å². The van der Waals surface area contributed by atoms with Crippen molar-refractivity contribution in [1.29, 1.82) is 0 Å². The summed E-state index contributed by atoms with van der Waals surface area (Å²) in [5.41, 5.74) is -0.0460. The minimum absolute atomic E-state index is 0.168. The van der Waals surface area contributed by atoms with E-state index in [1.165, 1.54) is 0 Å². The molecule has 21 heavy (non-hydrogen) atoms. The lowest BCUT2D eigenvalue weighted by Gasteiger charge is -2.29. The first-order valence-corrected chi connectivity index (χ1v) is 8.03. The highest BCUT2D eigenvalue weighted by atomic mass is 35.5. The fraction of sp³-hybridized carbons (Fsp3) is 0.588. The molecule has 1 atom stereocenters. The van der Waals surface area contributed by atoms with E-state index in [0.717, 1.165) is 18.4 Å². The van der Waals surface area contributed by atoms with Crippen LogP contribution in [0.15, 0.2) is 24.3 Å². The summed E-state index contributed by atoms with van der Waals surface area (Å²) in [6.45, 7) is 5.14. The van der Waals surface area contributed by atoms with E-state index in [4.69, 9.17) is 11.6 Å². The van der Waals surface area contributed by atoms with Crippen molar-refractivity contribution < 1.29 is 9.90 Å². The minimum atomic E-state index is -0.730. The molecule has 1 unspecified atom stereocenters. The molecule has 2 fully saturated rings. The Morgan fingerprint density at radius 1 is 1.24 bits per heavy atom. The van der Waals surface area contributed by atoms with Crippen LogP contribution in [-0.4, -0.2) is 34.6 Å². The summed E-state index contributed by atoms with van der Waals surface area (Å²) in [6.07, 6.45) is 2.46. The van der Waals surface area contributed by atoms with Crippen LogP contribution in [0, 0.1) is 5.92 Å². The van der Waals surface area contributed by atoms with Crippen LogP contribution in [0.25, 0.3) is 0 Å². The van der Waals surface area contributed by atoms with Crippen LogP contribution in [0.2, 0.25) is 5.02 Å². The van der Waals surface area contributed by atoms with Gasteiger partial charge in [-0.3, -0.25) is 4.79 Å². The van der Waals surface area contributed by atoms with Crippen molar-refractivity contribution >= 4 is 17.5 Å². The van der Waals surface area contributed by atoms with Crippen LogP contribution in [0.1, 0.15) is 38.7 Å². The second kappa shape index (κ2) is 4.99. The van der Waals surface area contributed by atoms with Crippen molar-refractivity contribution in [1.82, 2.24) is 4.90 Å². The Balaban J connectivity index is 1.78. The molecule has 1 aliphatic heterocycles. The zero-order chi connectivity index (χ0) is 15.3. The van der Waals surface area contributed by atoms with Gasteiger partial charge in [0.1, 0.15) is 0 Å². The van der Waals surface area contributed by atoms with Gasteiger partial charge in [-0.2, -0.15) is 0 Å². The Morgan fingerprint density at radius 3 is 2.33 bits per heavy atom.